The van der Waals surface area contributed by atoms with E-state index in [4.69, 9.17) is 9.47 Å². The van der Waals surface area contributed by atoms with Crippen LogP contribution in [-0.2, 0) is 21.2 Å². The van der Waals surface area contributed by atoms with Crippen LogP contribution >= 0.6 is 11.3 Å². The minimum absolute atomic E-state index is 0.0405. The summed E-state index contributed by atoms with van der Waals surface area (Å²) in [6.07, 6.45) is 1.44. The number of hydrogen-bond acceptors (Lipinski definition) is 6. The predicted octanol–water partition coefficient (Wildman–Crippen LogP) is 2.57. The standard InChI is InChI=1S/C20H26N2O5S2/c1-14(2)19(20(23)21-9-8-15-5-3-12-28-15)22-29(24,25)16-6-7-17-18(13-16)27-11-4-10-26-17/h3,5-7,12-14,19,22H,4,8-11H2,1-2H3,(H,21,23). The maximum Gasteiger partial charge on any atom is 0.241 e. The summed E-state index contributed by atoms with van der Waals surface area (Å²) in [6.45, 7) is 5.05. The Balaban J connectivity index is 1.68. The third-order valence-corrected chi connectivity index (χ3v) is 6.89. The number of benzene rings is 1. The Morgan fingerprint density at radius 1 is 1.17 bits per heavy atom. The normalized spacial score (nSPS) is 15.0. The summed E-state index contributed by atoms with van der Waals surface area (Å²) in [7, 11) is -3.91. The van der Waals surface area contributed by atoms with Crippen LogP contribution < -0.4 is 19.5 Å². The van der Waals surface area contributed by atoms with Crippen LogP contribution in [0.1, 0.15) is 25.1 Å². The highest BCUT2D eigenvalue weighted by molar-refractivity contribution is 7.89. The molecular formula is C20H26N2O5S2. The van der Waals surface area contributed by atoms with Crippen molar-refractivity contribution < 1.29 is 22.7 Å². The zero-order valence-electron chi connectivity index (χ0n) is 16.5. The summed E-state index contributed by atoms with van der Waals surface area (Å²) in [5.74, 6) is 0.362. The molecule has 7 nitrogen and oxygen atoms in total. The fourth-order valence-corrected chi connectivity index (χ4v) is 4.98. The summed E-state index contributed by atoms with van der Waals surface area (Å²) in [4.78, 5) is 13.8. The molecule has 0 aliphatic carbocycles. The average Bonchev–Trinajstić information content (AvgIpc) is 3.08. The molecule has 1 aliphatic rings. The SMILES string of the molecule is CC(C)C(NS(=O)(=O)c1ccc2c(c1)OCCCO2)C(=O)NCCc1cccs1. The highest BCUT2D eigenvalue weighted by atomic mass is 32.2. The molecule has 2 aromatic rings. The third kappa shape index (κ3) is 5.71. The van der Waals surface area contributed by atoms with Gasteiger partial charge in [-0.3, -0.25) is 4.79 Å². The number of amides is 1. The van der Waals surface area contributed by atoms with Gasteiger partial charge in [0.2, 0.25) is 15.9 Å². The molecular weight excluding hydrogens is 412 g/mol. The van der Waals surface area contributed by atoms with E-state index in [1.807, 2.05) is 17.5 Å². The van der Waals surface area contributed by atoms with Crippen LogP contribution in [0.3, 0.4) is 0 Å². The van der Waals surface area contributed by atoms with Crippen LogP contribution in [0.25, 0.3) is 0 Å². The van der Waals surface area contributed by atoms with E-state index in [2.05, 4.69) is 10.0 Å². The second-order valence-corrected chi connectivity index (χ2v) is 9.87. The lowest BCUT2D eigenvalue weighted by atomic mass is 10.1. The summed E-state index contributed by atoms with van der Waals surface area (Å²) < 4.78 is 39.5. The van der Waals surface area contributed by atoms with Crippen molar-refractivity contribution in [2.45, 2.75) is 37.6 Å². The molecule has 0 bridgehead atoms. The van der Waals surface area contributed by atoms with Gasteiger partial charge in [-0.25, -0.2) is 8.42 Å². The lowest BCUT2D eigenvalue weighted by molar-refractivity contribution is -0.123. The van der Waals surface area contributed by atoms with Crippen molar-refractivity contribution in [2.24, 2.45) is 5.92 Å². The van der Waals surface area contributed by atoms with Gasteiger partial charge in [-0.2, -0.15) is 4.72 Å². The Labute approximate surface area is 175 Å². The minimum Gasteiger partial charge on any atom is -0.490 e. The van der Waals surface area contributed by atoms with Crippen molar-refractivity contribution >= 4 is 27.3 Å². The Bertz CT molecular complexity index is 926. The molecule has 2 heterocycles. The topological polar surface area (TPSA) is 93.7 Å². The van der Waals surface area contributed by atoms with Crippen LogP contribution in [0.15, 0.2) is 40.6 Å². The van der Waals surface area contributed by atoms with Gasteiger partial charge in [0, 0.05) is 23.9 Å². The van der Waals surface area contributed by atoms with Gasteiger partial charge in [-0.15, -0.1) is 11.3 Å². The maximum atomic E-state index is 12.9. The molecule has 3 rings (SSSR count). The van der Waals surface area contributed by atoms with Crippen LogP contribution in [-0.4, -0.2) is 40.1 Å². The van der Waals surface area contributed by atoms with Gasteiger partial charge >= 0.3 is 0 Å². The Morgan fingerprint density at radius 3 is 2.62 bits per heavy atom. The first kappa shape index (κ1) is 21.6. The molecule has 0 fully saturated rings. The molecule has 1 atom stereocenters. The Kier molecular flexibility index (Phi) is 7.15. The van der Waals surface area contributed by atoms with E-state index in [1.165, 1.54) is 17.0 Å². The molecule has 1 aromatic carbocycles. The van der Waals surface area contributed by atoms with Crippen molar-refractivity contribution in [3.8, 4) is 11.5 Å². The fourth-order valence-electron chi connectivity index (χ4n) is 2.91. The summed E-state index contributed by atoms with van der Waals surface area (Å²) in [5, 5.41) is 4.81. The largest absolute Gasteiger partial charge is 0.490 e. The van der Waals surface area contributed by atoms with E-state index in [1.54, 1.807) is 31.3 Å². The number of carbonyl (C=O) groups excluding carboxylic acids is 1. The van der Waals surface area contributed by atoms with E-state index >= 15 is 0 Å². The first-order valence-electron chi connectivity index (χ1n) is 9.59. The van der Waals surface area contributed by atoms with Crippen LogP contribution in [0.4, 0.5) is 0 Å². The van der Waals surface area contributed by atoms with E-state index < -0.39 is 16.1 Å². The molecule has 1 aliphatic heterocycles. The van der Waals surface area contributed by atoms with Gasteiger partial charge < -0.3 is 14.8 Å². The first-order chi connectivity index (χ1) is 13.9. The number of sulfonamides is 1. The third-order valence-electron chi connectivity index (χ3n) is 4.51. The lowest BCUT2D eigenvalue weighted by Crippen LogP contribution is -2.49. The van der Waals surface area contributed by atoms with E-state index in [0.717, 1.165) is 6.42 Å². The van der Waals surface area contributed by atoms with Gasteiger partial charge in [0.15, 0.2) is 11.5 Å². The highest BCUT2D eigenvalue weighted by Gasteiger charge is 2.29. The van der Waals surface area contributed by atoms with Crippen LogP contribution in [0.2, 0.25) is 0 Å². The Morgan fingerprint density at radius 2 is 1.93 bits per heavy atom. The molecule has 1 aromatic heterocycles. The monoisotopic (exact) mass is 438 g/mol. The number of nitrogens with one attached hydrogen (secondary N) is 2. The average molecular weight is 439 g/mol. The molecule has 0 spiro atoms. The van der Waals surface area contributed by atoms with Crippen LogP contribution in [0, 0.1) is 5.92 Å². The van der Waals surface area contributed by atoms with Gasteiger partial charge in [0.05, 0.1) is 18.1 Å². The number of ether oxygens (including phenoxy) is 2. The quantitative estimate of drug-likeness (QED) is 0.661. The summed E-state index contributed by atoms with van der Waals surface area (Å²) in [5.41, 5.74) is 0. The molecule has 29 heavy (non-hydrogen) atoms. The van der Waals surface area contributed by atoms with Gasteiger partial charge in [0.25, 0.3) is 0 Å². The fraction of sp³-hybridized carbons (Fsp3) is 0.450. The zero-order chi connectivity index (χ0) is 20.9. The first-order valence-corrected chi connectivity index (χ1v) is 11.9. The molecule has 1 amide bonds. The molecule has 0 radical (unpaired) electrons. The Hall–Kier alpha value is -2.10. The van der Waals surface area contributed by atoms with Gasteiger partial charge in [0.1, 0.15) is 6.04 Å². The zero-order valence-corrected chi connectivity index (χ0v) is 18.1. The molecule has 2 N–H and O–H groups in total. The molecule has 0 saturated carbocycles. The predicted molar refractivity (Wildman–Crippen MR) is 112 cm³/mol. The maximum absolute atomic E-state index is 12.9. The number of carbonyl (C=O) groups is 1. The van der Waals surface area contributed by atoms with Gasteiger partial charge in [-0.05, 0) is 35.9 Å². The number of hydrogen-bond donors (Lipinski definition) is 2. The molecule has 158 valence electrons. The van der Waals surface area contributed by atoms with E-state index in [-0.39, 0.29) is 16.7 Å². The van der Waals surface area contributed by atoms with Crippen molar-refractivity contribution in [2.75, 3.05) is 19.8 Å². The van der Waals surface area contributed by atoms with Crippen molar-refractivity contribution in [1.29, 1.82) is 0 Å². The van der Waals surface area contributed by atoms with Crippen LogP contribution in [0.5, 0.6) is 11.5 Å². The van der Waals surface area contributed by atoms with E-state index in [0.29, 0.717) is 37.7 Å². The van der Waals surface area contributed by atoms with E-state index in [9.17, 15) is 13.2 Å². The smallest absolute Gasteiger partial charge is 0.241 e. The second kappa shape index (κ2) is 9.60. The molecule has 9 heteroatoms. The molecule has 0 saturated heterocycles. The number of fused-ring (bicyclic) bond motifs is 1. The van der Waals surface area contributed by atoms with Gasteiger partial charge in [-0.1, -0.05) is 19.9 Å². The highest BCUT2D eigenvalue weighted by Crippen LogP contribution is 2.32. The molecule has 1 unspecified atom stereocenters. The summed E-state index contributed by atoms with van der Waals surface area (Å²) in [6, 6.07) is 7.57. The summed E-state index contributed by atoms with van der Waals surface area (Å²) >= 11 is 1.62. The number of thiophene rings is 1. The van der Waals surface area contributed by atoms with Crippen molar-refractivity contribution in [3.63, 3.8) is 0 Å². The van der Waals surface area contributed by atoms with Crippen molar-refractivity contribution in [1.82, 2.24) is 10.0 Å². The number of rotatable bonds is 8. The minimum atomic E-state index is -3.91. The second-order valence-electron chi connectivity index (χ2n) is 7.12. The van der Waals surface area contributed by atoms with Crippen molar-refractivity contribution in [3.05, 3.63) is 40.6 Å². The lowest BCUT2D eigenvalue weighted by Gasteiger charge is -2.22.